The van der Waals surface area contributed by atoms with Crippen LogP contribution in [0.1, 0.15) is 20.7 Å². The van der Waals surface area contributed by atoms with Crippen LogP contribution in [0.15, 0.2) is 78.3 Å². The first-order valence-electron chi connectivity index (χ1n) is 8.30. The van der Waals surface area contributed by atoms with Crippen molar-refractivity contribution in [1.29, 1.82) is 0 Å². The summed E-state index contributed by atoms with van der Waals surface area (Å²) in [6.45, 7) is 0. The predicted molar refractivity (Wildman–Crippen MR) is 108 cm³/mol. The van der Waals surface area contributed by atoms with Gasteiger partial charge in [-0.05, 0) is 41.1 Å². The normalized spacial score (nSPS) is 10.5. The van der Waals surface area contributed by atoms with Crippen LogP contribution in [0.5, 0.6) is 0 Å². The van der Waals surface area contributed by atoms with Crippen LogP contribution in [0.2, 0.25) is 0 Å². The van der Waals surface area contributed by atoms with Crippen LogP contribution < -0.4 is 10.6 Å². The maximum absolute atomic E-state index is 12.6. The number of rotatable bonds is 4. The summed E-state index contributed by atoms with van der Waals surface area (Å²) >= 11 is 1.35. The van der Waals surface area contributed by atoms with Crippen molar-refractivity contribution in [3.05, 3.63) is 89.4 Å². The molecule has 2 N–H and O–H groups in total. The van der Waals surface area contributed by atoms with Gasteiger partial charge in [-0.25, -0.2) is 4.98 Å². The molecule has 1 heterocycles. The second-order valence-electron chi connectivity index (χ2n) is 5.89. The Kier molecular flexibility index (Phi) is 4.63. The highest BCUT2D eigenvalue weighted by Gasteiger charge is 2.11. The van der Waals surface area contributed by atoms with Gasteiger partial charge >= 0.3 is 0 Å². The van der Waals surface area contributed by atoms with Gasteiger partial charge in [0.2, 0.25) is 0 Å². The number of aromatic nitrogens is 1. The van der Waals surface area contributed by atoms with Crippen molar-refractivity contribution in [2.75, 3.05) is 10.6 Å². The second kappa shape index (κ2) is 7.39. The Bertz CT molecular complexity index is 1120. The molecular formula is C21H15N3O2S. The number of anilines is 2. The maximum Gasteiger partial charge on any atom is 0.257 e. The summed E-state index contributed by atoms with van der Waals surface area (Å²) < 4.78 is 0. The first kappa shape index (κ1) is 16.9. The predicted octanol–water partition coefficient (Wildman–Crippen LogP) is 4.80. The van der Waals surface area contributed by atoms with E-state index in [1.807, 2.05) is 36.4 Å². The van der Waals surface area contributed by atoms with Crippen molar-refractivity contribution < 1.29 is 9.59 Å². The lowest BCUT2D eigenvalue weighted by atomic mass is 10.1. The number of nitrogens with zero attached hydrogens (tertiary/aromatic N) is 1. The average molecular weight is 373 g/mol. The lowest BCUT2D eigenvalue weighted by molar-refractivity contribution is 0.101. The van der Waals surface area contributed by atoms with Crippen LogP contribution in [-0.4, -0.2) is 16.8 Å². The number of fused-ring (bicyclic) bond motifs is 1. The number of amides is 2. The molecule has 0 unspecified atom stereocenters. The van der Waals surface area contributed by atoms with Crippen LogP contribution in [0.25, 0.3) is 10.8 Å². The van der Waals surface area contributed by atoms with E-state index in [9.17, 15) is 9.59 Å². The molecule has 0 radical (unpaired) electrons. The standard InChI is InChI=1S/C21H15N3O2S/c25-19(17-9-8-14-4-1-2-5-15(14)12-17)23-18-7-3-6-16(13-18)20(26)24-21-22-10-11-27-21/h1-13H,(H,23,25)(H,22,24,26). The second-order valence-corrected chi connectivity index (χ2v) is 6.78. The minimum atomic E-state index is -0.272. The molecule has 0 atom stereocenters. The Balaban J connectivity index is 1.51. The number of hydrogen-bond acceptors (Lipinski definition) is 4. The quantitative estimate of drug-likeness (QED) is 0.540. The number of thiazole rings is 1. The molecule has 27 heavy (non-hydrogen) atoms. The minimum absolute atomic E-state index is 0.224. The average Bonchev–Trinajstić information content (AvgIpc) is 3.21. The molecule has 6 heteroatoms. The van der Waals surface area contributed by atoms with Crippen molar-refractivity contribution in [3.8, 4) is 0 Å². The van der Waals surface area contributed by atoms with Gasteiger partial charge in [-0.15, -0.1) is 11.3 Å². The highest BCUT2D eigenvalue weighted by atomic mass is 32.1. The third kappa shape index (κ3) is 3.86. The van der Waals surface area contributed by atoms with Crippen molar-refractivity contribution in [3.63, 3.8) is 0 Å². The molecule has 0 aliphatic rings. The van der Waals surface area contributed by atoms with Gasteiger partial charge in [0.15, 0.2) is 5.13 Å². The molecule has 0 spiro atoms. The Hall–Kier alpha value is -3.51. The molecule has 0 aliphatic carbocycles. The molecule has 1 aromatic heterocycles. The molecule has 4 aromatic rings. The zero-order chi connectivity index (χ0) is 18.6. The van der Waals surface area contributed by atoms with E-state index < -0.39 is 0 Å². The van der Waals surface area contributed by atoms with E-state index >= 15 is 0 Å². The fourth-order valence-electron chi connectivity index (χ4n) is 2.73. The van der Waals surface area contributed by atoms with E-state index in [1.165, 1.54) is 11.3 Å². The van der Waals surface area contributed by atoms with Gasteiger partial charge in [0.1, 0.15) is 0 Å². The summed E-state index contributed by atoms with van der Waals surface area (Å²) in [5.74, 6) is -0.495. The van der Waals surface area contributed by atoms with Crippen LogP contribution in [0.4, 0.5) is 10.8 Å². The summed E-state index contributed by atoms with van der Waals surface area (Å²) in [5.41, 5.74) is 1.56. The van der Waals surface area contributed by atoms with Crippen LogP contribution in [0.3, 0.4) is 0 Å². The maximum atomic E-state index is 12.6. The van der Waals surface area contributed by atoms with Gasteiger partial charge in [0.05, 0.1) is 0 Å². The fraction of sp³-hybridized carbons (Fsp3) is 0. The molecule has 0 bridgehead atoms. The van der Waals surface area contributed by atoms with Crippen molar-refractivity contribution in [1.82, 2.24) is 4.98 Å². The van der Waals surface area contributed by atoms with Gasteiger partial charge in [-0.1, -0.05) is 36.4 Å². The number of carbonyl (C=O) groups excluding carboxylic acids is 2. The zero-order valence-corrected chi connectivity index (χ0v) is 15.0. The molecule has 3 aromatic carbocycles. The summed E-state index contributed by atoms with van der Waals surface area (Å²) in [4.78, 5) is 28.9. The topological polar surface area (TPSA) is 71.1 Å². The van der Waals surface area contributed by atoms with E-state index in [0.717, 1.165) is 10.8 Å². The molecular weight excluding hydrogens is 358 g/mol. The monoisotopic (exact) mass is 373 g/mol. The molecule has 0 aliphatic heterocycles. The third-order valence-electron chi connectivity index (χ3n) is 4.05. The van der Waals surface area contributed by atoms with Gasteiger partial charge in [0, 0.05) is 28.4 Å². The first-order chi connectivity index (χ1) is 13.2. The summed E-state index contributed by atoms with van der Waals surface area (Å²) in [6.07, 6.45) is 1.63. The van der Waals surface area contributed by atoms with Gasteiger partial charge in [-0.3, -0.25) is 14.9 Å². The smallest absolute Gasteiger partial charge is 0.257 e. The SMILES string of the molecule is O=C(Nc1cccc(C(=O)Nc2nccs2)c1)c1ccc2ccccc2c1. The number of benzene rings is 3. The highest BCUT2D eigenvalue weighted by Crippen LogP contribution is 2.18. The van der Waals surface area contributed by atoms with Crippen molar-refractivity contribution >= 4 is 44.7 Å². The number of nitrogens with one attached hydrogen (secondary N) is 2. The van der Waals surface area contributed by atoms with Crippen molar-refractivity contribution in [2.24, 2.45) is 0 Å². The van der Waals surface area contributed by atoms with Crippen LogP contribution in [0, 0.1) is 0 Å². The van der Waals surface area contributed by atoms with Crippen molar-refractivity contribution in [2.45, 2.75) is 0 Å². The molecule has 132 valence electrons. The fourth-order valence-corrected chi connectivity index (χ4v) is 3.25. The Morgan fingerprint density at radius 2 is 1.56 bits per heavy atom. The van der Waals surface area contributed by atoms with Crippen LogP contribution >= 0.6 is 11.3 Å². The Morgan fingerprint density at radius 3 is 2.37 bits per heavy atom. The van der Waals surface area contributed by atoms with E-state index in [0.29, 0.717) is 21.9 Å². The Morgan fingerprint density at radius 1 is 0.778 bits per heavy atom. The molecule has 2 amide bonds. The number of carbonyl (C=O) groups is 2. The third-order valence-corrected chi connectivity index (χ3v) is 4.74. The van der Waals surface area contributed by atoms with E-state index in [4.69, 9.17) is 0 Å². The molecule has 0 fully saturated rings. The van der Waals surface area contributed by atoms with Gasteiger partial charge in [-0.2, -0.15) is 0 Å². The summed E-state index contributed by atoms with van der Waals surface area (Å²) in [6, 6.07) is 20.2. The van der Waals surface area contributed by atoms with Crippen LogP contribution in [-0.2, 0) is 0 Å². The number of hydrogen-bond donors (Lipinski definition) is 2. The van der Waals surface area contributed by atoms with Gasteiger partial charge in [0.25, 0.3) is 11.8 Å². The molecule has 0 saturated heterocycles. The lowest BCUT2D eigenvalue weighted by Crippen LogP contribution is -2.14. The van der Waals surface area contributed by atoms with E-state index in [-0.39, 0.29) is 11.8 Å². The Labute approximate surface area is 159 Å². The largest absolute Gasteiger partial charge is 0.322 e. The molecule has 4 rings (SSSR count). The molecule has 5 nitrogen and oxygen atoms in total. The summed E-state index contributed by atoms with van der Waals surface area (Å²) in [7, 11) is 0. The van der Waals surface area contributed by atoms with E-state index in [2.05, 4.69) is 15.6 Å². The summed E-state index contributed by atoms with van der Waals surface area (Å²) in [5, 5.41) is 9.97. The molecule has 0 saturated carbocycles. The minimum Gasteiger partial charge on any atom is -0.322 e. The van der Waals surface area contributed by atoms with Gasteiger partial charge < -0.3 is 5.32 Å². The highest BCUT2D eigenvalue weighted by molar-refractivity contribution is 7.13. The van der Waals surface area contributed by atoms with E-state index in [1.54, 1.807) is 41.9 Å². The first-order valence-corrected chi connectivity index (χ1v) is 9.18. The lowest BCUT2D eigenvalue weighted by Gasteiger charge is -2.08. The zero-order valence-electron chi connectivity index (χ0n) is 14.2.